The lowest BCUT2D eigenvalue weighted by Gasteiger charge is -2.17. The number of fused-ring (bicyclic) bond motifs is 1. The Labute approximate surface area is 142 Å². The minimum absolute atomic E-state index is 0.339. The molecular formula is C17H16N2O4S. The second-order valence-corrected chi connectivity index (χ2v) is 6.97. The molecule has 2 heterocycles. The lowest BCUT2D eigenvalue weighted by atomic mass is 10.1. The summed E-state index contributed by atoms with van der Waals surface area (Å²) in [6.45, 7) is 4.71. The van der Waals surface area contributed by atoms with Crippen molar-refractivity contribution < 1.29 is 19.2 Å². The molecule has 4 amide bonds. The van der Waals surface area contributed by atoms with Crippen molar-refractivity contribution in [2.45, 2.75) is 26.8 Å². The number of hydrogen-bond donors (Lipinski definition) is 0. The van der Waals surface area contributed by atoms with Crippen molar-refractivity contribution in [3.05, 3.63) is 34.7 Å². The molecule has 0 radical (unpaired) electrons. The number of carbonyl (C=O) groups excluding carboxylic acids is 4. The van der Waals surface area contributed by atoms with Gasteiger partial charge in [0.05, 0.1) is 11.4 Å². The van der Waals surface area contributed by atoms with Crippen LogP contribution in [0.25, 0.3) is 10.1 Å². The lowest BCUT2D eigenvalue weighted by molar-refractivity contribution is -0.143. The van der Waals surface area contributed by atoms with E-state index in [0.717, 1.165) is 25.4 Å². The first kappa shape index (κ1) is 16.3. The molecule has 24 heavy (non-hydrogen) atoms. The Morgan fingerprint density at radius 3 is 2.38 bits per heavy atom. The van der Waals surface area contributed by atoms with E-state index in [1.54, 1.807) is 13.8 Å². The predicted molar refractivity (Wildman–Crippen MR) is 90.0 cm³/mol. The molecule has 1 aliphatic heterocycles. The van der Waals surface area contributed by atoms with Crippen LogP contribution in [0.1, 0.15) is 29.1 Å². The second kappa shape index (κ2) is 5.83. The predicted octanol–water partition coefficient (Wildman–Crippen LogP) is 2.59. The summed E-state index contributed by atoms with van der Waals surface area (Å²) >= 11 is 1.33. The van der Waals surface area contributed by atoms with E-state index in [0.29, 0.717) is 4.88 Å². The average Bonchev–Trinajstić information content (AvgIpc) is 2.98. The summed E-state index contributed by atoms with van der Waals surface area (Å²) in [5.41, 5.74) is 0.826. The van der Waals surface area contributed by atoms with Gasteiger partial charge in [-0.2, -0.15) is 0 Å². The smallest absolute Gasteiger partial charge is 0.291 e. The van der Waals surface area contributed by atoms with Gasteiger partial charge in [-0.1, -0.05) is 18.2 Å². The normalized spacial score (nSPS) is 15.2. The van der Waals surface area contributed by atoms with E-state index in [9.17, 15) is 19.2 Å². The highest BCUT2D eigenvalue weighted by atomic mass is 32.1. The van der Waals surface area contributed by atoms with E-state index in [1.807, 2.05) is 31.2 Å². The van der Waals surface area contributed by atoms with Gasteiger partial charge in [-0.25, -0.2) is 9.69 Å². The van der Waals surface area contributed by atoms with Crippen molar-refractivity contribution in [1.29, 1.82) is 0 Å². The van der Waals surface area contributed by atoms with Crippen LogP contribution in [0.2, 0.25) is 0 Å². The molecule has 0 spiro atoms. The lowest BCUT2D eigenvalue weighted by Crippen LogP contribution is -2.39. The fraction of sp³-hybridized carbons (Fsp3) is 0.294. The van der Waals surface area contributed by atoms with Gasteiger partial charge in [-0.05, 0) is 37.8 Å². The van der Waals surface area contributed by atoms with E-state index in [-0.39, 0.29) is 5.78 Å². The summed E-state index contributed by atoms with van der Waals surface area (Å²) in [5, 5.41) is 0.977. The Balaban J connectivity index is 1.89. The van der Waals surface area contributed by atoms with Crippen LogP contribution in [0.3, 0.4) is 0 Å². The molecule has 0 bridgehead atoms. The van der Waals surface area contributed by atoms with Crippen LogP contribution >= 0.6 is 11.3 Å². The molecule has 1 fully saturated rings. The van der Waals surface area contributed by atoms with Gasteiger partial charge in [0.1, 0.15) is 0 Å². The van der Waals surface area contributed by atoms with E-state index >= 15 is 0 Å². The molecule has 1 saturated heterocycles. The highest BCUT2D eigenvalue weighted by Crippen LogP contribution is 2.31. The molecule has 0 N–H and O–H groups in total. The Kier molecular flexibility index (Phi) is 3.96. The molecule has 6 nitrogen and oxygen atoms in total. The van der Waals surface area contributed by atoms with Crippen molar-refractivity contribution in [3.8, 4) is 0 Å². The van der Waals surface area contributed by atoms with Crippen molar-refractivity contribution >= 4 is 45.1 Å². The van der Waals surface area contributed by atoms with Crippen LogP contribution in [0.4, 0.5) is 4.79 Å². The monoisotopic (exact) mass is 344 g/mol. The highest BCUT2D eigenvalue weighted by Gasteiger charge is 2.46. The standard InChI is InChI=1S/C17H16N2O4S/c1-9(2)19-16(22)15(21)18(17(19)23)8-12(20)14-10(3)11-6-4-5-7-13(11)24-14/h4-7,9H,8H2,1-3H3. The van der Waals surface area contributed by atoms with Crippen molar-refractivity contribution in [2.24, 2.45) is 0 Å². The van der Waals surface area contributed by atoms with E-state index in [1.165, 1.54) is 11.3 Å². The van der Waals surface area contributed by atoms with Gasteiger partial charge in [0.25, 0.3) is 0 Å². The number of aryl methyl sites for hydroxylation is 1. The first-order valence-electron chi connectivity index (χ1n) is 7.53. The Morgan fingerprint density at radius 2 is 1.79 bits per heavy atom. The third-order valence-corrected chi connectivity index (χ3v) is 5.31. The largest absolute Gasteiger partial charge is 0.334 e. The number of thiophene rings is 1. The molecule has 1 aromatic carbocycles. The molecule has 2 aromatic rings. The number of Topliss-reactive ketones (excluding diaryl/α,β-unsaturated/α-hetero) is 1. The highest BCUT2D eigenvalue weighted by molar-refractivity contribution is 7.21. The molecule has 1 aromatic heterocycles. The molecule has 7 heteroatoms. The van der Waals surface area contributed by atoms with Crippen LogP contribution in [-0.4, -0.2) is 46.0 Å². The molecule has 1 aliphatic rings. The number of carbonyl (C=O) groups is 4. The first-order valence-corrected chi connectivity index (χ1v) is 8.35. The maximum absolute atomic E-state index is 12.6. The summed E-state index contributed by atoms with van der Waals surface area (Å²) in [5.74, 6) is -2.16. The maximum Gasteiger partial charge on any atom is 0.334 e. The van der Waals surface area contributed by atoms with Crippen LogP contribution in [0.15, 0.2) is 24.3 Å². The summed E-state index contributed by atoms with van der Waals surface area (Å²) in [6, 6.07) is 6.46. The van der Waals surface area contributed by atoms with Gasteiger partial charge in [-0.15, -0.1) is 11.3 Å². The topological polar surface area (TPSA) is 74.8 Å². The van der Waals surface area contributed by atoms with Gasteiger partial charge in [0.15, 0.2) is 5.78 Å². The van der Waals surface area contributed by atoms with Gasteiger partial charge >= 0.3 is 17.8 Å². The first-order chi connectivity index (χ1) is 11.3. The quantitative estimate of drug-likeness (QED) is 0.485. The number of amides is 4. The third kappa shape index (κ3) is 2.41. The number of rotatable bonds is 4. The van der Waals surface area contributed by atoms with Gasteiger partial charge in [0, 0.05) is 10.7 Å². The molecular weight excluding hydrogens is 328 g/mol. The molecule has 0 unspecified atom stereocenters. The minimum atomic E-state index is -0.944. The molecule has 3 rings (SSSR count). The number of urea groups is 1. The van der Waals surface area contributed by atoms with Crippen LogP contribution in [0.5, 0.6) is 0 Å². The third-order valence-electron chi connectivity index (χ3n) is 4.00. The van der Waals surface area contributed by atoms with Crippen LogP contribution < -0.4 is 0 Å². The molecule has 0 atom stereocenters. The van der Waals surface area contributed by atoms with Gasteiger partial charge in [0.2, 0.25) is 0 Å². The van der Waals surface area contributed by atoms with E-state index < -0.39 is 30.4 Å². The van der Waals surface area contributed by atoms with Crippen molar-refractivity contribution in [3.63, 3.8) is 0 Å². The maximum atomic E-state index is 12.6. The zero-order valence-corrected chi connectivity index (χ0v) is 14.3. The summed E-state index contributed by atoms with van der Waals surface area (Å²) in [4.78, 5) is 50.9. The summed E-state index contributed by atoms with van der Waals surface area (Å²) in [7, 11) is 0. The SMILES string of the molecule is Cc1c(C(=O)CN2C(=O)C(=O)N(C(C)C)C2=O)sc2ccccc12. The minimum Gasteiger partial charge on any atom is -0.291 e. The summed E-state index contributed by atoms with van der Waals surface area (Å²) in [6.07, 6.45) is 0. The fourth-order valence-electron chi connectivity index (χ4n) is 2.77. The zero-order chi connectivity index (χ0) is 17.6. The van der Waals surface area contributed by atoms with E-state index in [2.05, 4.69) is 0 Å². The Hall–Kier alpha value is -2.54. The van der Waals surface area contributed by atoms with Crippen molar-refractivity contribution in [2.75, 3.05) is 6.54 Å². The fourth-order valence-corrected chi connectivity index (χ4v) is 3.91. The molecule has 124 valence electrons. The van der Waals surface area contributed by atoms with Gasteiger partial charge in [-0.3, -0.25) is 19.3 Å². The number of ketones is 1. The Bertz CT molecular complexity index is 884. The van der Waals surface area contributed by atoms with Crippen LogP contribution in [-0.2, 0) is 9.59 Å². The van der Waals surface area contributed by atoms with E-state index in [4.69, 9.17) is 0 Å². The molecule has 0 aliphatic carbocycles. The van der Waals surface area contributed by atoms with Gasteiger partial charge < -0.3 is 0 Å². The Morgan fingerprint density at radius 1 is 1.12 bits per heavy atom. The van der Waals surface area contributed by atoms with Crippen molar-refractivity contribution in [1.82, 2.24) is 9.80 Å². The zero-order valence-electron chi connectivity index (χ0n) is 13.5. The average molecular weight is 344 g/mol. The second-order valence-electron chi connectivity index (χ2n) is 5.92. The number of hydrogen-bond acceptors (Lipinski definition) is 5. The molecule has 0 saturated carbocycles. The number of benzene rings is 1. The summed E-state index contributed by atoms with van der Waals surface area (Å²) < 4.78 is 0.970. The number of nitrogens with zero attached hydrogens (tertiary/aromatic N) is 2. The van der Waals surface area contributed by atoms with Crippen LogP contribution in [0, 0.1) is 6.92 Å². The number of imide groups is 2.